The first-order chi connectivity index (χ1) is 28.3. The van der Waals surface area contributed by atoms with E-state index in [0.29, 0.717) is 0 Å². The lowest BCUT2D eigenvalue weighted by molar-refractivity contribution is 0.641. The van der Waals surface area contributed by atoms with Gasteiger partial charge >= 0.3 is 0 Å². The standard InChI is InChI=1S/C51H34N4O2/c1-3-14-31(15-4-1)49-52-50(32-16-5-2-6-17-32)54-51(53-49)33-28-29-44-40(30-33)46-36(20-13-27-45(46)56-44)37-21-11-22-38-39-23-12-26-43(48(39)57-47(37)38)55-41-24-9-7-18-34(41)35-19-8-10-25-42(35)55/h1-16,18-30,32,51H,17H2,(H,52,53,54). The van der Waals surface area contributed by atoms with Crippen LogP contribution in [0.4, 0.5) is 0 Å². The number of amidine groups is 2. The predicted molar refractivity (Wildman–Crippen MR) is 233 cm³/mol. The van der Waals surface area contributed by atoms with Crippen molar-refractivity contribution < 1.29 is 8.83 Å². The Morgan fingerprint density at radius 3 is 2.11 bits per heavy atom. The van der Waals surface area contributed by atoms with E-state index in [9.17, 15) is 0 Å². The lowest BCUT2D eigenvalue weighted by Gasteiger charge is -2.27. The number of rotatable bonds is 5. The van der Waals surface area contributed by atoms with Crippen molar-refractivity contribution >= 4 is 77.4 Å². The molecule has 12 rings (SSSR count). The van der Waals surface area contributed by atoms with Gasteiger partial charge in [-0.2, -0.15) is 0 Å². The highest BCUT2D eigenvalue weighted by molar-refractivity contribution is 6.19. The number of hydrogen-bond donors (Lipinski definition) is 1. The van der Waals surface area contributed by atoms with Gasteiger partial charge in [0.2, 0.25) is 0 Å². The van der Waals surface area contributed by atoms with Crippen LogP contribution in [0.2, 0.25) is 0 Å². The van der Waals surface area contributed by atoms with Gasteiger partial charge in [-0.05, 0) is 53.9 Å². The number of nitrogens with zero attached hydrogens (tertiary/aromatic N) is 3. The molecule has 6 heteroatoms. The monoisotopic (exact) mass is 734 g/mol. The second-order valence-corrected chi connectivity index (χ2v) is 14.9. The zero-order chi connectivity index (χ0) is 37.5. The Morgan fingerprint density at radius 2 is 1.30 bits per heavy atom. The minimum atomic E-state index is -0.327. The summed E-state index contributed by atoms with van der Waals surface area (Å²) in [5, 5.41) is 10.4. The van der Waals surface area contributed by atoms with Crippen molar-refractivity contribution in [2.24, 2.45) is 15.9 Å². The first kappa shape index (κ1) is 31.9. The summed E-state index contributed by atoms with van der Waals surface area (Å²) >= 11 is 0. The average molecular weight is 735 g/mol. The van der Waals surface area contributed by atoms with E-state index in [2.05, 4.69) is 168 Å². The minimum Gasteiger partial charge on any atom is -0.456 e. The van der Waals surface area contributed by atoms with Crippen LogP contribution in [-0.4, -0.2) is 16.2 Å². The van der Waals surface area contributed by atoms with Crippen LogP contribution in [0.15, 0.2) is 195 Å². The van der Waals surface area contributed by atoms with Gasteiger partial charge in [-0.15, -0.1) is 0 Å². The normalized spacial score (nSPS) is 16.9. The van der Waals surface area contributed by atoms with Crippen LogP contribution < -0.4 is 5.32 Å². The van der Waals surface area contributed by atoms with Crippen LogP contribution in [0.1, 0.15) is 23.7 Å². The molecule has 270 valence electrons. The van der Waals surface area contributed by atoms with Gasteiger partial charge in [-0.25, -0.2) is 9.98 Å². The molecule has 10 aromatic rings. The zero-order valence-electron chi connectivity index (χ0n) is 30.8. The Morgan fingerprint density at radius 1 is 0.579 bits per heavy atom. The zero-order valence-corrected chi connectivity index (χ0v) is 30.8. The number of benzene rings is 7. The smallest absolute Gasteiger partial charge is 0.159 e. The Hall–Kier alpha value is -7.44. The summed E-state index contributed by atoms with van der Waals surface area (Å²) in [6.07, 6.45) is 9.15. The van der Waals surface area contributed by atoms with Crippen molar-refractivity contribution in [3.63, 3.8) is 0 Å². The number of allylic oxidation sites excluding steroid dienone is 3. The molecule has 4 heterocycles. The van der Waals surface area contributed by atoms with Crippen molar-refractivity contribution in [2.75, 3.05) is 0 Å². The first-order valence-corrected chi connectivity index (χ1v) is 19.5. The van der Waals surface area contributed by atoms with Crippen LogP contribution in [-0.2, 0) is 0 Å². The van der Waals surface area contributed by atoms with Crippen molar-refractivity contribution in [3.8, 4) is 16.8 Å². The van der Waals surface area contributed by atoms with E-state index >= 15 is 0 Å². The number of para-hydroxylation sites is 4. The third-order valence-electron chi connectivity index (χ3n) is 11.6. The Bertz CT molecular complexity index is 3320. The maximum Gasteiger partial charge on any atom is 0.159 e. The van der Waals surface area contributed by atoms with E-state index < -0.39 is 0 Å². The van der Waals surface area contributed by atoms with E-state index in [4.69, 9.17) is 18.8 Å². The molecule has 57 heavy (non-hydrogen) atoms. The maximum absolute atomic E-state index is 7.07. The van der Waals surface area contributed by atoms with Gasteiger partial charge in [0.15, 0.2) is 11.4 Å². The molecule has 0 saturated heterocycles. The molecule has 0 saturated carbocycles. The highest BCUT2D eigenvalue weighted by atomic mass is 16.3. The van der Waals surface area contributed by atoms with E-state index in [1.807, 2.05) is 18.2 Å². The second-order valence-electron chi connectivity index (χ2n) is 14.9. The molecular formula is C51H34N4O2. The minimum absolute atomic E-state index is 0.150. The summed E-state index contributed by atoms with van der Waals surface area (Å²) < 4.78 is 16.0. The van der Waals surface area contributed by atoms with Gasteiger partial charge in [0.05, 0.1) is 16.7 Å². The summed E-state index contributed by atoms with van der Waals surface area (Å²) in [5.74, 6) is 1.80. The quantitative estimate of drug-likeness (QED) is 0.191. The number of fused-ring (bicyclic) bond motifs is 9. The number of aliphatic imine (C=N–C) groups is 2. The SMILES string of the molecule is C1=CCC(C2=NC(c3ccccc3)=NC(c3ccc4oc5cccc(-c6cccc7c6oc6c(-n8c9ccccc9c9ccccc98)cccc67)c5c4c3)N2)C=C1. The van der Waals surface area contributed by atoms with Gasteiger partial charge in [-0.1, -0.05) is 140 Å². The van der Waals surface area contributed by atoms with Crippen molar-refractivity contribution in [1.82, 2.24) is 9.88 Å². The third kappa shape index (κ3) is 4.97. The molecule has 3 aromatic heterocycles. The summed E-state index contributed by atoms with van der Waals surface area (Å²) in [4.78, 5) is 10.2. The predicted octanol–water partition coefficient (Wildman–Crippen LogP) is 12.8. The van der Waals surface area contributed by atoms with Gasteiger partial charge < -0.3 is 18.7 Å². The number of furan rings is 2. The van der Waals surface area contributed by atoms with Crippen molar-refractivity contribution in [3.05, 3.63) is 187 Å². The molecular weight excluding hydrogens is 701 g/mol. The van der Waals surface area contributed by atoms with Gasteiger partial charge in [0, 0.05) is 49.4 Å². The van der Waals surface area contributed by atoms with E-state index in [1.54, 1.807) is 0 Å². The lowest BCUT2D eigenvalue weighted by Crippen LogP contribution is -2.37. The second kappa shape index (κ2) is 12.5. The Labute approximate surface area is 327 Å². The van der Waals surface area contributed by atoms with Crippen LogP contribution in [0.3, 0.4) is 0 Å². The average Bonchev–Trinajstić information content (AvgIpc) is 3.96. The molecule has 0 fully saturated rings. The molecule has 1 N–H and O–H groups in total. The molecule has 1 aliphatic carbocycles. The molecule has 2 unspecified atom stereocenters. The van der Waals surface area contributed by atoms with Crippen molar-refractivity contribution in [1.29, 1.82) is 0 Å². The fraction of sp³-hybridized carbons (Fsp3) is 0.0588. The number of aromatic nitrogens is 1. The first-order valence-electron chi connectivity index (χ1n) is 19.5. The summed E-state index contributed by atoms with van der Waals surface area (Å²) in [6, 6.07) is 53.1. The van der Waals surface area contributed by atoms with Crippen LogP contribution >= 0.6 is 0 Å². The molecule has 7 aromatic carbocycles. The maximum atomic E-state index is 7.07. The topological polar surface area (TPSA) is 68.0 Å². The van der Waals surface area contributed by atoms with E-state index in [-0.39, 0.29) is 12.1 Å². The van der Waals surface area contributed by atoms with Gasteiger partial charge in [-0.3, -0.25) is 0 Å². The van der Waals surface area contributed by atoms with E-state index in [1.165, 1.54) is 10.8 Å². The largest absolute Gasteiger partial charge is 0.456 e. The highest BCUT2D eigenvalue weighted by Crippen LogP contribution is 2.44. The lowest BCUT2D eigenvalue weighted by atomic mass is 9.96. The van der Waals surface area contributed by atoms with Gasteiger partial charge in [0.1, 0.15) is 28.8 Å². The summed E-state index contributed by atoms with van der Waals surface area (Å²) in [7, 11) is 0. The van der Waals surface area contributed by atoms with Crippen LogP contribution in [0, 0.1) is 5.92 Å². The molecule has 0 amide bonds. The van der Waals surface area contributed by atoms with E-state index in [0.717, 1.165) is 101 Å². The molecule has 0 radical (unpaired) electrons. The molecule has 6 nitrogen and oxygen atoms in total. The molecule has 0 spiro atoms. The molecule has 1 aliphatic heterocycles. The van der Waals surface area contributed by atoms with Crippen LogP contribution in [0.5, 0.6) is 0 Å². The van der Waals surface area contributed by atoms with Crippen molar-refractivity contribution in [2.45, 2.75) is 12.6 Å². The molecule has 2 aliphatic rings. The van der Waals surface area contributed by atoms with Crippen LogP contribution in [0.25, 0.3) is 82.5 Å². The number of nitrogens with one attached hydrogen (secondary N) is 1. The summed E-state index contributed by atoms with van der Waals surface area (Å²) in [6.45, 7) is 0. The Kier molecular flexibility index (Phi) is 7.01. The fourth-order valence-electron chi connectivity index (χ4n) is 8.94. The Balaban J connectivity index is 1.03. The molecule has 2 atom stereocenters. The molecule has 0 bridgehead atoms. The highest BCUT2D eigenvalue weighted by Gasteiger charge is 2.26. The van der Waals surface area contributed by atoms with Gasteiger partial charge in [0.25, 0.3) is 0 Å². The fourth-order valence-corrected chi connectivity index (χ4v) is 8.94. The third-order valence-corrected chi connectivity index (χ3v) is 11.6. The number of hydrogen-bond acceptors (Lipinski definition) is 5. The summed E-state index contributed by atoms with van der Waals surface area (Å²) in [5.41, 5.74) is 10.8.